The third-order valence-electron chi connectivity index (χ3n) is 4.57. The molecule has 2 aliphatic heterocycles. The third-order valence-corrected chi connectivity index (χ3v) is 4.57. The Balaban J connectivity index is 1.80. The third kappa shape index (κ3) is 4.69. The van der Waals surface area contributed by atoms with E-state index >= 15 is 0 Å². The van der Waals surface area contributed by atoms with Gasteiger partial charge in [0.1, 0.15) is 0 Å². The average molecular weight is 284 g/mol. The molecule has 0 radical (unpaired) electrons. The lowest BCUT2D eigenvalue weighted by Gasteiger charge is -2.38. The second-order valence-electron chi connectivity index (χ2n) is 6.77. The Bertz CT molecular complexity index is 270. The van der Waals surface area contributed by atoms with E-state index in [1.54, 1.807) is 0 Å². The van der Waals surface area contributed by atoms with Gasteiger partial charge < -0.3 is 19.7 Å². The molecule has 0 aromatic carbocycles. The van der Waals surface area contributed by atoms with Crippen molar-refractivity contribution in [3.63, 3.8) is 0 Å². The molecule has 0 saturated carbocycles. The molecule has 0 aromatic rings. The van der Waals surface area contributed by atoms with E-state index in [2.05, 4.69) is 31.0 Å². The Hall–Kier alpha value is -0.160. The highest BCUT2D eigenvalue weighted by molar-refractivity contribution is 4.90. The predicted octanol–water partition coefficient (Wildman–Crippen LogP) is 1.89. The zero-order chi connectivity index (χ0) is 14.4. The van der Waals surface area contributed by atoms with Crippen molar-refractivity contribution in [2.75, 3.05) is 46.0 Å². The second-order valence-corrected chi connectivity index (χ2v) is 6.77. The summed E-state index contributed by atoms with van der Waals surface area (Å²) >= 11 is 0. The van der Waals surface area contributed by atoms with Crippen molar-refractivity contribution in [1.82, 2.24) is 10.2 Å². The minimum atomic E-state index is 0.322. The van der Waals surface area contributed by atoms with Gasteiger partial charge in [-0.1, -0.05) is 13.8 Å². The van der Waals surface area contributed by atoms with Crippen molar-refractivity contribution >= 4 is 0 Å². The molecule has 1 unspecified atom stereocenters. The van der Waals surface area contributed by atoms with Gasteiger partial charge in [0.05, 0.1) is 12.7 Å². The van der Waals surface area contributed by atoms with Crippen LogP contribution in [0.15, 0.2) is 0 Å². The fourth-order valence-corrected chi connectivity index (χ4v) is 3.33. The molecule has 0 amide bonds. The monoisotopic (exact) mass is 284 g/mol. The second kappa shape index (κ2) is 7.74. The molecule has 2 aliphatic rings. The zero-order valence-electron chi connectivity index (χ0n) is 13.5. The Kier molecular flexibility index (Phi) is 6.27. The van der Waals surface area contributed by atoms with Gasteiger partial charge in [0, 0.05) is 50.8 Å². The Morgan fingerprint density at radius 2 is 2.10 bits per heavy atom. The molecule has 0 spiro atoms. The van der Waals surface area contributed by atoms with Crippen LogP contribution < -0.4 is 5.32 Å². The van der Waals surface area contributed by atoms with Crippen molar-refractivity contribution in [2.24, 2.45) is 5.41 Å². The summed E-state index contributed by atoms with van der Waals surface area (Å²) in [5, 5.41) is 3.62. The van der Waals surface area contributed by atoms with Crippen molar-refractivity contribution < 1.29 is 9.47 Å². The number of likely N-dealkylation sites (tertiary alicyclic amines) is 1. The summed E-state index contributed by atoms with van der Waals surface area (Å²) in [6.45, 7) is 13.8. The lowest BCUT2D eigenvalue weighted by molar-refractivity contribution is 0.00241. The molecule has 2 fully saturated rings. The number of rotatable bonds is 7. The molecule has 0 aliphatic carbocycles. The Morgan fingerprint density at radius 1 is 1.35 bits per heavy atom. The summed E-state index contributed by atoms with van der Waals surface area (Å²) in [6.07, 6.45) is 4.05. The fourth-order valence-electron chi connectivity index (χ4n) is 3.33. The van der Waals surface area contributed by atoms with E-state index < -0.39 is 0 Å². The van der Waals surface area contributed by atoms with Crippen LogP contribution in [-0.2, 0) is 9.47 Å². The van der Waals surface area contributed by atoms with Crippen LogP contribution in [0.4, 0.5) is 0 Å². The van der Waals surface area contributed by atoms with Gasteiger partial charge in [0.25, 0.3) is 0 Å². The van der Waals surface area contributed by atoms with E-state index in [1.165, 1.54) is 38.9 Å². The van der Waals surface area contributed by atoms with Crippen molar-refractivity contribution in [3.05, 3.63) is 0 Å². The zero-order valence-corrected chi connectivity index (χ0v) is 13.5. The van der Waals surface area contributed by atoms with E-state index in [1.807, 2.05) is 0 Å². The van der Waals surface area contributed by atoms with E-state index in [-0.39, 0.29) is 0 Å². The summed E-state index contributed by atoms with van der Waals surface area (Å²) in [4.78, 5) is 2.62. The molecular formula is C16H32N2O2. The maximum absolute atomic E-state index is 5.74. The molecular weight excluding hydrogens is 252 g/mol. The molecule has 20 heavy (non-hydrogen) atoms. The van der Waals surface area contributed by atoms with Crippen molar-refractivity contribution in [3.8, 4) is 0 Å². The summed E-state index contributed by atoms with van der Waals surface area (Å²) in [5.74, 6) is 0. The van der Waals surface area contributed by atoms with Crippen LogP contribution in [0, 0.1) is 5.41 Å². The first-order valence-electron chi connectivity index (χ1n) is 8.29. The SMILES string of the molecule is CCOC1CCN(CC2(CNC(C)C)CCOC2)CC1. The molecule has 2 heterocycles. The predicted molar refractivity (Wildman–Crippen MR) is 82.1 cm³/mol. The number of piperidine rings is 1. The summed E-state index contributed by atoms with van der Waals surface area (Å²) < 4.78 is 11.4. The lowest BCUT2D eigenvalue weighted by atomic mass is 9.85. The summed E-state index contributed by atoms with van der Waals surface area (Å²) in [5.41, 5.74) is 0.322. The van der Waals surface area contributed by atoms with Gasteiger partial charge in [0.2, 0.25) is 0 Å². The largest absolute Gasteiger partial charge is 0.381 e. The summed E-state index contributed by atoms with van der Waals surface area (Å²) in [6, 6.07) is 0.552. The minimum Gasteiger partial charge on any atom is -0.381 e. The van der Waals surface area contributed by atoms with Gasteiger partial charge in [-0.05, 0) is 26.2 Å². The molecule has 4 nitrogen and oxygen atoms in total. The van der Waals surface area contributed by atoms with E-state index in [0.29, 0.717) is 17.6 Å². The molecule has 0 aromatic heterocycles. The molecule has 2 rings (SSSR count). The van der Waals surface area contributed by atoms with E-state index in [0.717, 1.165) is 26.4 Å². The molecule has 118 valence electrons. The first-order valence-corrected chi connectivity index (χ1v) is 8.29. The molecule has 1 N–H and O–H groups in total. The van der Waals surface area contributed by atoms with Gasteiger partial charge in [-0.2, -0.15) is 0 Å². The van der Waals surface area contributed by atoms with Crippen LogP contribution in [0.5, 0.6) is 0 Å². The van der Waals surface area contributed by atoms with Crippen LogP contribution in [0.25, 0.3) is 0 Å². The maximum atomic E-state index is 5.74. The van der Waals surface area contributed by atoms with Crippen molar-refractivity contribution in [2.45, 2.75) is 52.2 Å². The summed E-state index contributed by atoms with van der Waals surface area (Å²) in [7, 11) is 0. The quantitative estimate of drug-likeness (QED) is 0.774. The van der Waals surface area contributed by atoms with E-state index in [4.69, 9.17) is 9.47 Å². The van der Waals surface area contributed by atoms with E-state index in [9.17, 15) is 0 Å². The first kappa shape index (κ1) is 16.2. The highest BCUT2D eigenvalue weighted by Crippen LogP contribution is 2.30. The highest BCUT2D eigenvalue weighted by atomic mass is 16.5. The number of nitrogens with one attached hydrogen (secondary N) is 1. The molecule has 1 atom stereocenters. The van der Waals surface area contributed by atoms with Gasteiger partial charge in [0.15, 0.2) is 0 Å². The van der Waals surface area contributed by atoms with Crippen LogP contribution in [0.3, 0.4) is 0 Å². The highest BCUT2D eigenvalue weighted by Gasteiger charge is 2.37. The van der Waals surface area contributed by atoms with Crippen LogP contribution in [-0.4, -0.2) is 63.0 Å². The van der Waals surface area contributed by atoms with Crippen molar-refractivity contribution in [1.29, 1.82) is 0 Å². The topological polar surface area (TPSA) is 33.7 Å². The Morgan fingerprint density at radius 3 is 2.65 bits per heavy atom. The number of nitrogens with zero attached hydrogens (tertiary/aromatic N) is 1. The molecule has 2 saturated heterocycles. The average Bonchev–Trinajstić information content (AvgIpc) is 2.88. The normalized spacial score (nSPS) is 29.4. The van der Waals surface area contributed by atoms with Crippen LogP contribution in [0.1, 0.15) is 40.0 Å². The minimum absolute atomic E-state index is 0.322. The molecule has 4 heteroatoms. The van der Waals surface area contributed by atoms with Gasteiger partial charge in [-0.25, -0.2) is 0 Å². The Labute approximate surface area is 124 Å². The number of hydrogen-bond acceptors (Lipinski definition) is 4. The smallest absolute Gasteiger partial charge is 0.0599 e. The number of hydrogen-bond donors (Lipinski definition) is 1. The lowest BCUT2D eigenvalue weighted by Crippen LogP contribution is -2.48. The van der Waals surface area contributed by atoms with Crippen LogP contribution >= 0.6 is 0 Å². The van der Waals surface area contributed by atoms with Gasteiger partial charge in [-0.3, -0.25) is 0 Å². The standard InChI is InChI=1S/C16H32N2O2/c1-4-20-15-5-8-18(9-6-15)12-16(7-10-19-13-16)11-17-14(2)3/h14-15,17H,4-13H2,1-3H3. The van der Waals surface area contributed by atoms with Crippen LogP contribution in [0.2, 0.25) is 0 Å². The fraction of sp³-hybridized carbons (Fsp3) is 1.00. The maximum Gasteiger partial charge on any atom is 0.0599 e. The number of ether oxygens (including phenoxy) is 2. The van der Waals surface area contributed by atoms with Gasteiger partial charge in [-0.15, -0.1) is 0 Å². The molecule has 0 bridgehead atoms. The first-order chi connectivity index (χ1) is 9.63. The van der Waals surface area contributed by atoms with Gasteiger partial charge >= 0.3 is 0 Å².